The Morgan fingerprint density at radius 1 is 1.04 bits per heavy atom. The highest BCUT2D eigenvalue weighted by Gasteiger charge is 2.30. The number of carbonyl (C=O) groups is 1. The average molecular weight is 351 g/mol. The molecule has 0 spiro atoms. The maximum absolute atomic E-state index is 12.6. The lowest BCUT2D eigenvalue weighted by atomic mass is 10.1. The molecule has 1 aliphatic rings. The molecule has 4 nitrogen and oxygen atoms in total. The molecule has 1 saturated heterocycles. The maximum atomic E-state index is 12.6. The number of nitrogens with zero attached hydrogens (tertiary/aromatic N) is 3. The summed E-state index contributed by atoms with van der Waals surface area (Å²) in [4.78, 5) is 16.4. The van der Waals surface area contributed by atoms with Crippen LogP contribution in [0.4, 0.5) is 18.9 Å². The summed E-state index contributed by atoms with van der Waals surface area (Å²) in [5.41, 5.74) is 1.79. The van der Waals surface area contributed by atoms with Crippen LogP contribution in [0.1, 0.15) is 21.6 Å². The van der Waals surface area contributed by atoms with Gasteiger partial charge in [-0.25, -0.2) is 0 Å². The number of rotatable bonds is 2. The minimum atomic E-state index is -4.32. The Hall–Kier alpha value is -2.44. The van der Waals surface area contributed by atoms with E-state index < -0.39 is 11.7 Å². The molecule has 134 valence electrons. The minimum Gasteiger partial charge on any atom is -0.368 e. The number of halogens is 3. The molecule has 0 saturated carbocycles. The van der Waals surface area contributed by atoms with Crippen LogP contribution in [0.25, 0.3) is 0 Å². The lowest BCUT2D eigenvalue weighted by Gasteiger charge is -2.36. The predicted molar refractivity (Wildman–Crippen MR) is 89.7 cm³/mol. The number of hydrogen-bond donors (Lipinski definition) is 0. The summed E-state index contributed by atoms with van der Waals surface area (Å²) < 4.78 is 39.7. The zero-order chi connectivity index (χ0) is 18.2. The summed E-state index contributed by atoms with van der Waals surface area (Å²) in [5, 5.41) is 0. The van der Waals surface area contributed by atoms with Gasteiger partial charge in [-0.2, -0.15) is 13.2 Å². The summed E-state index contributed by atoms with van der Waals surface area (Å²) in [6.45, 7) is 4.23. The van der Waals surface area contributed by atoms with Gasteiger partial charge in [0.2, 0.25) is 0 Å². The number of aromatic nitrogens is 1. The van der Waals surface area contributed by atoms with E-state index in [1.807, 2.05) is 35.7 Å². The van der Waals surface area contributed by atoms with Crippen LogP contribution in [0.15, 0.2) is 36.5 Å². The molecule has 2 aromatic rings. The van der Waals surface area contributed by atoms with Gasteiger partial charge in [-0.1, -0.05) is 0 Å². The average Bonchev–Trinajstić information content (AvgIpc) is 2.92. The van der Waals surface area contributed by atoms with Gasteiger partial charge in [0.15, 0.2) is 0 Å². The van der Waals surface area contributed by atoms with Crippen LogP contribution in [0.3, 0.4) is 0 Å². The van der Waals surface area contributed by atoms with E-state index in [0.717, 1.165) is 23.4 Å². The fourth-order valence-electron chi connectivity index (χ4n) is 3.13. The number of carbonyl (C=O) groups excluding carboxylic acids is 1. The van der Waals surface area contributed by atoms with Gasteiger partial charge in [0.1, 0.15) is 5.69 Å². The maximum Gasteiger partial charge on any atom is 0.416 e. The second-order valence-electron chi connectivity index (χ2n) is 6.34. The minimum absolute atomic E-state index is 0.0114. The van der Waals surface area contributed by atoms with E-state index >= 15 is 0 Å². The van der Waals surface area contributed by atoms with Crippen molar-refractivity contribution in [2.75, 3.05) is 31.1 Å². The van der Waals surface area contributed by atoms with Crippen molar-refractivity contribution in [3.8, 4) is 0 Å². The Labute approximate surface area is 144 Å². The zero-order valence-electron chi connectivity index (χ0n) is 14.2. The molecule has 1 aromatic heterocycles. The second-order valence-corrected chi connectivity index (χ2v) is 6.34. The van der Waals surface area contributed by atoms with Crippen LogP contribution < -0.4 is 4.90 Å². The molecule has 0 aliphatic carbocycles. The molecule has 2 heterocycles. The predicted octanol–water partition coefficient (Wildman–Crippen LogP) is 3.31. The van der Waals surface area contributed by atoms with Gasteiger partial charge >= 0.3 is 6.18 Å². The molecule has 3 rings (SSSR count). The van der Waals surface area contributed by atoms with Crippen LogP contribution in [-0.4, -0.2) is 41.6 Å². The molecule has 1 aromatic carbocycles. The summed E-state index contributed by atoms with van der Waals surface area (Å²) in [6.07, 6.45) is -2.41. The Kier molecular flexibility index (Phi) is 4.49. The third-order valence-electron chi connectivity index (χ3n) is 4.49. The standard InChI is InChI=1S/C18H20F3N3O/c1-13-11-16(22(2)12-13)17(25)24-9-7-23(8-10-24)15-5-3-14(4-6-15)18(19,20)21/h3-6,11-12H,7-10H2,1-2H3. The molecule has 7 heteroatoms. The second kappa shape index (κ2) is 6.46. The Bertz CT molecular complexity index is 757. The van der Waals surface area contributed by atoms with Crippen molar-refractivity contribution in [2.24, 2.45) is 7.05 Å². The van der Waals surface area contributed by atoms with Gasteiger partial charge < -0.3 is 14.4 Å². The molecule has 0 atom stereocenters. The van der Waals surface area contributed by atoms with Crippen molar-refractivity contribution in [2.45, 2.75) is 13.1 Å². The van der Waals surface area contributed by atoms with E-state index in [1.165, 1.54) is 12.1 Å². The number of hydrogen-bond acceptors (Lipinski definition) is 2. The number of piperazine rings is 1. The first kappa shape index (κ1) is 17.4. The molecular formula is C18H20F3N3O. The first-order valence-corrected chi connectivity index (χ1v) is 8.10. The van der Waals surface area contributed by atoms with Crippen molar-refractivity contribution < 1.29 is 18.0 Å². The summed E-state index contributed by atoms with van der Waals surface area (Å²) in [5.74, 6) is -0.0114. The Morgan fingerprint density at radius 3 is 2.12 bits per heavy atom. The highest BCUT2D eigenvalue weighted by atomic mass is 19.4. The molecule has 1 aliphatic heterocycles. The van der Waals surface area contributed by atoms with Crippen LogP contribution in [-0.2, 0) is 13.2 Å². The molecule has 1 amide bonds. The van der Waals surface area contributed by atoms with Gasteiger partial charge in [-0.3, -0.25) is 4.79 Å². The number of amides is 1. The normalized spacial score (nSPS) is 15.6. The summed E-state index contributed by atoms with van der Waals surface area (Å²) in [7, 11) is 1.85. The number of alkyl halides is 3. The van der Waals surface area contributed by atoms with Gasteiger partial charge in [-0.05, 0) is 42.8 Å². The Balaban J connectivity index is 1.64. The SMILES string of the molecule is Cc1cc(C(=O)N2CCN(c3ccc(C(F)(F)F)cc3)CC2)n(C)c1. The van der Waals surface area contributed by atoms with Gasteiger partial charge in [0.05, 0.1) is 5.56 Å². The number of benzene rings is 1. The van der Waals surface area contributed by atoms with Gasteiger partial charge in [0, 0.05) is 45.1 Å². The van der Waals surface area contributed by atoms with Gasteiger partial charge in [-0.15, -0.1) is 0 Å². The summed E-state index contributed by atoms with van der Waals surface area (Å²) in [6, 6.07) is 7.03. The fourth-order valence-corrected chi connectivity index (χ4v) is 3.13. The zero-order valence-corrected chi connectivity index (χ0v) is 14.2. The van der Waals surface area contributed by atoms with Crippen molar-refractivity contribution in [1.82, 2.24) is 9.47 Å². The van der Waals surface area contributed by atoms with Crippen LogP contribution in [0.5, 0.6) is 0 Å². The highest BCUT2D eigenvalue weighted by molar-refractivity contribution is 5.93. The highest BCUT2D eigenvalue weighted by Crippen LogP contribution is 2.30. The number of anilines is 1. The van der Waals surface area contributed by atoms with Gasteiger partial charge in [0.25, 0.3) is 5.91 Å². The van der Waals surface area contributed by atoms with E-state index in [0.29, 0.717) is 31.9 Å². The molecule has 0 radical (unpaired) electrons. The van der Waals surface area contributed by atoms with Crippen molar-refractivity contribution in [3.63, 3.8) is 0 Å². The van der Waals surface area contributed by atoms with Crippen LogP contribution >= 0.6 is 0 Å². The van der Waals surface area contributed by atoms with E-state index in [9.17, 15) is 18.0 Å². The molecule has 0 N–H and O–H groups in total. The third-order valence-corrected chi connectivity index (χ3v) is 4.49. The topological polar surface area (TPSA) is 28.5 Å². The molecule has 0 unspecified atom stereocenters. The van der Waals surface area contributed by atoms with Crippen molar-refractivity contribution in [1.29, 1.82) is 0 Å². The third kappa shape index (κ3) is 3.65. The summed E-state index contributed by atoms with van der Waals surface area (Å²) >= 11 is 0. The molecule has 0 bridgehead atoms. The van der Waals surface area contributed by atoms with E-state index in [1.54, 1.807) is 4.90 Å². The Morgan fingerprint density at radius 2 is 1.64 bits per heavy atom. The van der Waals surface area contributed by atoms with Crippen molar-refractivity contribution in [3.05, 3.63) is 53.3 Å². The largest absolute Gasteiger partial charge is 0.416 e. The number of aryl methyl sites for hydroxylation is 2. The van der Waals surface area contributed by atoms with E-state index in [4.69, 9.17) is 0 Å². The van der Waals surface area contributed by atoms with E-state index in [-0.39, 0.29) is 5.91 Å². The molecular weight excluding hydrogens is 331 g/mol. The van der Waals surface area contributed by atoms with Crippen LogP contribution in [0, 0.1) is 6.92 Å². The van der Waals surface area contributed by atoms with Crippen LogP contribution in [0.2, 0.25) is 0 Å². The van der Waals surface area contributed by atoms with E-state index in [2.05, 4.69) is 0 Å². The monoisotopic (exact) mass is 351 g/mol. The quantitative estimate of drug-likeness (QED) is 0.830. The fraction of sp³-hybridized carbons (Fsp3) is 0.389. The first-order chi connectivity index (χ1) is 11.8. The smallest absolute Gasteiger partial charge is 0.368 e. The first-order valence-electron chi connectivity index (χ1n) is 8.10. The molecule has 1 fully saturated rings. The molecule has 25 heavy (non-hydrogen) atoms. The lowest BCUT2D eigenvalue weighted by Crippen LogP contribution is -2.49. The lowest BCUT2D eigenvalue weighted by molar-refractivity contribution is -0.137. The van der Waals surface area contributed by atoms with Crippen molar-refractivity contribution >= 4 is 11.6 Å².